The molecule has 0 aromatic rings. The second kappa shape index (κ2) is 5.13. The van der Waals surface area contributed by atoms with Crippen molar-refractivity contribution >= 4 is 5.91 Å². The van der Waals surface area contributed by atoms with Gasteiger partial charge in [0.25, 0.3) is 0 Å². The monoisotopic (exact) mass is 210 g/mol. The van der Waals surface area contributed by atoms with E-state index in [-0.39, 0.29) is 11.5 Å². The van der Waals surface area contributed by atoms with Crippen molar-refractivity contribution in [1.82, 2.24) is 5.32 Å². The molecule has 0 saturated heterocycles. The van der Waals surface area contributed by atoms with Gasteiger partial charge < -0.3 is 10.1 Å². The number of hydrogen-bond acceptors (Lipinski definition) is 3. The third kappa shape index (κ3) is 2.69. The summed E-state index contributed by atoms with van der Waals surface area (Å²) in [7, 11) is 1.67. The first-order valence-corrected chi connectivity index (χ1v) is 5.40. The minimum Gasteiger partial charge on any atom is -0.376 e. The Bertz CT molecular complexity index is 261. The number of amides is 1. The lowest BCUT2D eigenvalue weighted by Crippen LogP contribution is -2.50. The number of nitrogens with zero attached hydrogens (tertiary/aromatic N) is 1. The van der Waals surface area contributed by atoms with Crippen LogP contribution in [0.1, 0.15) is 32.6 Å². The number of rotatable bonds is 5. The molecule has 0 spiro atoms. The first kappa shape index (κ1) is 12.0. The van der Waals surface area contributed by atoms with E-state index in [1.165, 1.54) is 0 Å². The van der Waals surface area contributed by atoms with Gasteiger partial charge in [0.05, 0.1) is 11.7 Å². The van der Waals surface area contributed by atoms with Gasteiger partial charge in [-0.2, -0.15) is 5.26 Å². The topological polar surface area (TPSA) is 62.1 Å². The van der Waals surface area contributed by atoms with Gasteiger partial charge in [0.2, 0.25) is 5.91 Å². The number of hydrogen-bond donors (Lipinski definition) is 1. The number of carbonyl (C=O) groups is 1. The van der Waals surface area contributed by atoms with Crippen molar-refractivity contribution in [2.24, 2.45) is 5.92 Å². The Morgan fingerprint density at radius 3 is 2.67 bits per heavy atom. The maximum absolute atomic E-state index is 11.5. The van der Waals surface area contributed by atoms with Gasteiger partial charge in [-0.05, 0) is 25.7 Å². The summed E-state index contributed by atoms with van der Waals surface area (Å²) in [5.41, 5.74) is -0.163. The lowest BCUT2D eigenvalue weighted by molar-refractivity contribution is -0.127. The molecule has 84 valence electrons. The minimum atomic E-state index is -0.529. The minimum absolute atomic E-state index is 0.163. The maximum Gasteiger partial charge on any atom is 0.237 e. The summed E-state index contributed by atoms with van der Waals surface area (Å²) in [4.78, 5) is 11.5. The Morgan fingerprint density at radius 1 is 1.67 bits per heavy atom. The molecule has 0 bridgehead atoms. The molecule has 1 fully saturated rings. The highest BCUT2D eigenvalue weighted by molar-refractivity contribution is 5.81. The Hall–Kier alpha value is -1.08. The van der Waals surface area contributed by atoms with E-state index in [4.69, 9.17) is 10.00 Å². The molecule has 1 amide bonds. The highest BCUT2D eigenvalue weighted by Gasteiger charge is 2.37. The van der Waals surface area contributed by atoms with Gasteiger partial charge in [0.15, 0.2) is 0 Å². The predicted molar refractivity (Wildman–Crippen MR) is 56.0 cm³/mol. The number of methoxy groups -OCH3 is 1. The van der Waals surface area contributed by atoms with Gasteiger partial charge in [-0.15, -0.1) is 0 Å². The molecule has 1 saturated carbocycles. The molecule has 4 nitrogen and oxygen atoms in total. The molecule has 0 aromatic carbocycles. The lowest BCUT2D eigenvalue weighted by Gasteiger charge is -2.40. The molecular formula is C11H18N2O2. The number of nitriles is 1. The summed E-state index contributed by atoms with van der Waals surface area (Å²) in [6.45, 7) is 2.36. The zero-order valence-corrected chi connectivity index (χ0v) is 9.38. The molecule has 1 aliphatic carbocycles. The smallest absolute Gasteiger partial charge is 0.237 e. The Balaban J connectivity index is 2.36. The predicted octanol–water partition coefficient (Wildman–Crippen LogP) is 1.22. The average molecular weight is 210 g/mol. The van der Waals surface area contributed by atoms with Crippen LogP contribution in [0.15, 0.2) is 0 Å². The molecule has 0 radical (unpaired) electrons. The molecule has 4 heteroatoms. The quantitative estimate of drug-likeness (QED) is 0.742. The van der Waals surface area contributed by atoms with Crippen LogP contribution in [-0.2, 0) is 9.53 Å². The zero-order chi connectivity index (χ0) is 11.3. The van der Waals surface area contributed by atoms with Crippen LogP contribution in [0.4, 0.5) is 0 Å². The number of nitrogens with one attached hydrogen (secondary N) is 1. The van der Waals surface area contributed by atoms with Crippen LogP contribution >= 0.6 is 0 Å². The summed E-state index contributed by atoms with van der Waals surface area (Å²) in [6.07, 6.45) is 3.70. The van der Waals surface area contributed by atoms with Crippen molar-refractivity contribution in [1.29, 1.82) is 5.26 Å². The van der Waals surface area contributed by atoms with Crippen molar-refractivity contribution in [3.8, 4) is 6.07 Å². The van der Waals surface area contributed by atoms with Crippen molar-refractivity contribution < 1.29 is 9.53 Å². The highest BCUT2D eigenvalue weighted by Crippen LogP contribution is 2.34. The molecule has 0 heterocycles. The van der Waals surface area contributed by atoms with E-state index in [2.05, 4.69) is 5.32 Å². The Kier molecular flexibility index (Phi) is 4.10. The molecule has 1 N–H and O–H groups in total. The first-order chi connectivity index (χ1) is 7.17. The third-order valence-corrected chi connectivity index (χ3v) is 3.16. The van der Waals surface area contributed by atoms with Crippen molar-refractivity contribution in [2.45, 2.75) is 38.2 Å². The fourth-order valence-corrected chi connectivity index (χ4v) is 1.73. The van der Waals surface area contributed by atoms with Crippen molar-refractivity contribution in [3.05, 3.63) is 0 Å². The van der Waals surface area contributed by atoms with Crippen LogP contribution in [0.25, 0.3) is 0 Å². The molecule has 1 atom stereocenters. The number of carbonyl (C=O) groups excluding carboxylic acids is 1. The van der Waals surface area contributed by atoms with E-state index >= 15 is 0 Å². The molecule has 1 rings (SSSR count). The molecule has 0 aromatic heterocycles. The SMILES string of the molecule is CCC(C#N)C(=O)NCC1(OC)CCC1. The van der Waals surface area contributed by atoms with Crippen LogP contribution in [0.2, 0.25) is 0 Å². The summed E-state index contributed by atoms with van der Waals surface area (Å²) < 4.78 is 5.37. The van der Waals surface area contributed by atoms with Crippen molar-refractivity contribution in [2.75, 3.05) is 13.7 Å². The summed E-state index contributed by atoms with van der Waals surface area (Å²) in [6, 6.07) is 1.99. The van der Waals surface area contributed by atoms with E-state index < -0.39 is 5.92 Å². The van der Waals surface area contributed by atoms with Gasteiger partial charge in [-0.1, -0.05) is 6.92 Å². The first-order valence-electron chi connectivity index (χ1n) is 5.40. The van der Waals surface area contributed by atoms with Crippen LogP contribution in [0.5, 0.6) is 0 Å². The maximum atomic E-state index is 11.5. The van der Waals surface area contributed by atoms with E-state index in [1.54, 1.807) is 7.11 Å². The van der Waals surface area contributed by atoms with Crippen molar-refractivity contribution in [3.63, 3.8) is 0 Å². The van der Waals surface area contributed by atoms with Crippen LogP contribution in [-0.4, -0.2) is 25.2 Å². The van der Waals surface area contributed by atoms with Gasteiger partial charge >= 0.3 is 0 Å². The summed E-state index contributed by atoms with van der Waals surface area (Å²) in [5, 5.41) is 11.5. The molecule has 1 unspecified atom stereocenters. The third-order valence-electron chi connectivity index (χ3n) is 3.16. The second-order valence-electron chi connectivity index (χ2n) is 4.05. The summed E-state index contributed by atoms with van der Waals surface area (Å²) >= 11 is 0. The van der Waals surface area contributed by atoms with E-state index in [1.807, 2.05) is 13.0 Å². The van der Waals surface area contributed by atoms with Crippen LogP contribution in [0.3, 0.4) is 0 Å². The van der Waals surface area contributed by atoms with E-state index in [9.17, 15) is 4.79 Å². The number of ether oxygens (including phenoxy) is 1. The average Bonchev–Trinajstić information content (AvgIpc) is 2.19. The standard InChI is InChI=1S/C11H18N2O2/c1-3-9(7-12)10(14)13-8-11(15-2)5-4-6-11/h9H,3-6,8H2,1-2H3,(H,13,14). The van der Waals surface area contributed by atoms with Crippen LogP contribution < -0.4 is 5.32 Å². The van der Waals surface area contributed by atoms with E-state index in [0.717, 1.165) is 19.3 Å². The van der Waals surface area contributed by atoms with Gasteiger partial charge in [0.1, 0.15) is 5.92 Å². The Labute approximate surface area is 90.6 Å². The molecule has 0 aliphatic heterocycles. The van der Waals surface area contributed by atoms with Crippen LogP contribution in [0, 0.1) is 17.2 Å². The largest absolute Gasteiger partial charge is 0.376 e. The molecular weight excluding hydrogens is 192 g/mol. The lowest BCUT2D eigenvalue weighted by atomic mass is 9.80. The molecule has 15 heavy (non-hydrogen) atoms. The fourth-order valence-electron chi connectivity index (χ4n) is 1.73. The zero-order valence-electron chi connectivity index (χ0n) is 9.38. The van der Waals surface area contributed by atoms with E-state index in [0.29, 0.717) is 13.0 Å². The molecule has 1 aliphatic rings. The second-order valence-corrected chi connectivity index (χ2v) is 4.05. The van der Waals surface area contributed by atoms with Gasteiger partial charge in [0, 0.05) is 13.7 Å². The fraction of sp³-hybridized carbons (Fsp3) is 0.818. The van der Waals surface area contributed by atoms with Gasteiger partial charge in [-0.25, -0.2) is 0 Å². The highest BCUT2D eigenvalue weighted by atomic mass is 16.5. The normalized spacial score (nSPS) is 19.8. The van der Waals surface area contributed by atoms with Gasteiger partial charge in [-0.3, -0.25) is 4.79 Å². The Morgan fingerprint density at radius 2 is 2.33 bits per heavy atom. The summed E-state index contributed by atoms with van der Waals surface area (Å²) in [5.74, 6) is -0.706.